The average molecular weight is 667 g/mol. The third-order valence-electron chi connectivity index (χ3n) is 10.3. The van der Waals surface area contributed by atoms with Crippen LogP contribution in [0.15, 0.2) is 189 Å². The van der Waals surface area contributed by atoms with E-state index >= 15 is 0 Å². The summed E-state index contributed by atoms with van der Waals surface area (Å²) in [5.41, 5.74) is 13.3. The van der Waals surface area contributed by atoms with Gasteiger partial charge in [0.05, 0.1) is 22.1 Å². The van der Waals surface area contributed by atoms with Crippen molar-refractivity contribution in [3.8, 4) is 16.8 Å². The van der Waals surface area contributed by atoms with Crippen molar-refractivity contribution >= 4 is 66.3 Å². The van der Waals surface area contributed by atoms with Crippen LogP contribution in [0.5, 0.6) is 0 Å². The third-order valence-corrected chi connectivity index (χ3v) is 10.3. The van der Waals surface area contributed by atoms with E-state index in [-0.39, 0.29) is 0 Å². The summed E-state index contributed by atoms with van der Waals surface area (Å²) in [7, 11) is 0. The standard InChI is InChI=1S/C48H34N4/c1-33-29-37(51-45-21-6-2-17-39(45)40-18-3-7-22-46(40)51)16-12-28-50(36-15-10-13-34(30-36)35-14-11-27-49-32-35)44-26-25-38(31-43(33)44)52-47-23-8-4-19-41(47)42-20-5-9-24-48(42)52/h2-27,29-32H,1,28H2/b16-12-,37-29+. The summed E-state index contributed by atoms with van der Waals surface area (Å²) in [4.78, 5) is 6.79. The molecule has 0 radical (unpaired) electrons. The quantitative estimate of drug-likeness (QED) is 0.187. The van der Waals surface area contributed by atoms with Crippen molar-refractivity contribution in [2.24, 2.45) is 0 Å². The van der Waals surface area contributed by atoms with Gasteiger partial charge < -0.3 is 14.0 Å². The number of benzene rings is 6. The fourth-order valence-electron chi connectivity index (χ4n) is 8.01. The highest BCUT2D eigenvalue weighted by Crippen LogP contribution is 2.40. The molecule has 246 valence electrons. The Bertz CT molecular complexity index is 2800. The van der Waals surface area contributed by atoms with Crippen molar-refractivity contribution < 1.29 is 0 Å². The molecule has 9 aromatic rings. The zero-order valence-corrected chi connectivity index (χ0v) is 28.5. The molecule has 4 nitrogen and oxygen atoms in total. The van der Waals surface area contributed by atoms with Crippen LogP contribution < -0.4 is 4.90 Å². The number of hydrogen-bond donors (Lipinski definition) is 0. The van der Waals surface area contributed by atoms with Crippen LogP contribution in [0.3, 0.4) is 0 Å². The van der Waals surface area contributed by atoms with E-state index < -0.39 is 0 Å². The Labute approximate surface area is 302 Å². The molecule has 0 amide bonds. The largest absolute Gasteiger partial charge is 0.337 e. The molecule has 0 saturated carbocycles. The number of aromatic nitrogens is 3. The van der Waals surface area contributed by atoms with Crippen LogP contribution in [-0.2, 0) is 0 Å². The first-order valence-electron chi connectivity index (χ1n) is 17.7. The van der Waals surface area contributed by atoms with E-state index in [9.17, 15) is 0 Å². The van der Waals surface area contributed by atoms with Gasteiger partial charge in [-0.3, -0.25) is 4.98 Å². The maximum Gasteiger partial charge on any atom is 0.0541 e. The summed E-state index contributed by atoms with van der Waals surface area (Å²) in [5, 5.41) is 4.96. The Kier molecular flexibility index (Phi) is 7.00. The Morgan fingerprint density at radius 2 is 1.12 bits per heavy atom. The molecule has 4 heteroatoms. The molecular weight excluding hydrogens is 633 g/mol. The highest BCUT2D eigenvalue weighted by molar-refractivity contribution is 6.11. The van der Waals surface area contributed by atoms with Gasteiger partial charge in [0.2, 0.25) is 0 Å². The Balaban J connectivity index is 1.21. The lowest BCUT2D eigenvalue weighted by molar-refractivity contribution is 1.09. The van der Waals surface area contributed by atoms with E-state index in [0.717, 1.165) is 45.0 Å². The molecule has 3 aromatic heterocycles. The highest BCUT2D eigenvalue weighted by Gasteiger charge is 2.21. The van der Waals surface area contributed by atoms with Gasteiger partial charge in [0.25, 0.3) is 0 Å². The fraction of sp³-hybridized carbons (Fsp3) is 0.0208. The molecule has 10 rings (SSSR count). The second kappa shape index (κ2) is 12.1. The molecule has 0 unspecified atom stereocenters. The Morgan fingerprint density at radius 1 is 0.519 bits per heavy atom. The van der Waals surface area contributed by atoms with Gasteiger partial charge in [-0.15, -0.1) is 0 Å². The lowest BCUT2D eigenvalue weighted by Crippen LogP contribution is -2.18. The molecular formula is C48H34N4. The maximum absolute atomic E-state index is 4.79. The van der Waals surface area contributed by atoms with E-state index in [0.29, 0.717) is 6.54 Å². The van der Waals surface area contributed by atoms with Crippen molar-refractivity contribution in [1.82, 2.24) is 14.1 Å². The van der Waals surface area contributed by atoms with Crippen molar-refractivity contribution in [1.29, 1.82) is 0 Å². The van der Waals surface area contributed by atoms with Gasteiger partial charge in [-0.1, -0.05) is 104 Å². The Morgan fingerprint density at radius 3 is 1.73 bits per heavy atom. The summed E-state index contributed by atoms with van der Waals surface area (Å²) in [5.74, 6) is 0. The van der Waals surface area contributed by atoms with E-state index in [1.807, 2.05) is 18.5 Å². The van der Waals surface area contributed by atoms with Gasteiger partial charge in [0.1, 0.15) is 0 Å². The minimum Gasteiger partial charge on any atom is -0.337 e. The first kappa shape index (κ1) is 30.0. The first-order valence-corrected chi connectivity index (χ1v) is 17.7. The second-order valence-electron chi connectivity index (χ2n) is 13.3. The van der Waals surface area contributed by atoms with E-state index in [1.165, 1.54) is 43.6 Å². The van der Waals surface area contributed by atoms with Crippen LogP contribution >= 0.6 is 0 Å². The number of anilines is 2. The van der Waals surface area contributed by atoms with E-state index in [1.54, 1.807) is 0 Å². The Hall–Kier alpha value is -6.91. The average Bonchev–Trinajstić information content (AvgIpc) is 3.74. The van der Waals surface area contributed by atoms with Crippen LogP contribution in [0.2, 0.25) is 0 Å². The minimum atomic E-state index is 0.667. The zero-order chi connectivity index (χ0) is 34.6. The SMILES string of the molecule is C=C1/C=C(n2c3ccccc3c3ccccc32)\C=C/CN(c2cccc(-c3cccnc3)c2)c2ccc(-n3c4ccccc4c4ccccc43)cc21. The van der Waals surface area contributed by atoms with Gasteiger partial charge in [0, 0.05) is 74.4 Å². The first-order chi connectivity index (χ1) is 25.7. The second-order valence-corrected chi connectivity index (χ2v) is 13.3. The summed E-state index contributed by atoms with van der Waals surface area (Å²) in [6.07, 6.45) is 10.5. The number of hydrogen-bond acceptors (Lipinski definition) is 2. The molecule has 0 saturated heterocycles. The summed E-state index contributed by atoms with van der Waals surface area (Å²) in [6, 6.07) is 54.4. The zero-order valence-electron chi connectivity index (χ0n) is 28.5. The summed E-state index contributed by atoms with van der Waals surface area (Å²) < 4.78 is 4.76. The van der Waals surface area contributed by atoms with Crippen LogP contribution in [-0.4, -0.2) is 20.7 Å². The smallest absolute Gasteiger partial charge is 0.0541 e. The summed E-state index contributed by atoms with van der Waals surface area (Å²) in [6.45, 7) is 5.46. The molecule has 4 heterocycles. The molecule has 6 aromatic carbocycles. The number of allylic oxidation sites excluding steroid dienone is 4. The molecule has 0 atom stereocenters. The summed E-state index contributed by atoms with van der Waals surface area (Å²) >= 11 is 0. The van der Waals surface area contributed by atoms with Crippen LogP contribution in [0.25, 0.3) is 71.7 Å². The van der Waals surface area contributed by atoms with Crippen molar-refractivity contribution in [2.45, 2.75) is 0 Å². The van der Waals surface area contributed by atoms with Crippen LogP contribution in [0.1, 0.15) is 5.56 Å². The molecule has 0 fully saturated rings. The minimum absolute atomic E-state index is 0.667. The number of para-hydroxylation sites is 4. The number of pyridine rings is 1. The number of fused-ring (bicyclic) bond motifs is 7. The maximum atomic E-state index is 4.79. The molecule has 1 aliphatic heterocycles. The molecule has 0 aliphatic carbocycles. The van der Waals surface area contributed by atoms with Crippen molar-refractivity contribution in [3.63, 3.8) is 0 Å². The van der Waals surface area contributed by atoms with Crippen LogP contribution in [0, 0.1) is 0 Å². The van der Waals surface area contributed by atoms with Gasteiger partial charge in [0.15, 0.2) is 0 Å². The van der Waals surface area contributed by atoms with Crippen LogP contribution in [0.4, 0.5) is 11.4 Å². The predicted octanol–water partition coefficient (Wildman–Crippen LogP) is 12.2. The van der Waals surface area contributed by atoms with Gasteiger partial charge >= 0.3 is 0 Å². The van der Waals surface area contributed by atoms with Gasteiger partial charge in [-0.05, 0) is 84.0 Å². The molecule has 52 heavy (non-hydrogen) atoms. The van der Waals surface area contributed by atoms with E-state index in [4.69, 9.17) is 6.58 Å². The highest BCUT2D eigenvalue weighted by atomic mass is 15.1. The van der Waals surface area contributed by atoms with Gasteiger partial charge in [-0.25, -0.2) is 0 Å². The molecule has 0 spiro atoms. The molecule has 1 aliphatic rings. The van der Waals surface area contributed by atoms with Crippen molar-refractivity contribution in [3.05, 3.63) is 194 Å². The van der Waals surface area contributed by atoms with Gasteiger partial charge in [-0.2, -0.15) is 0 Å². The predicted molar refractivity (Wildman–Crippen MR) is 219 cm³/mol. The van der Waals surface area contributed by atoms with E-state index in [2.05, 4.69) is 183 Å². The van der Waals surface area contributed by atoms with Crippen molar-refractivity contribution in [2.75, 3.05) is 11.4 Å². The topological polar surface area (TPSA) is 26.0 Å². The lowest BCUT2D eigenvalue weighted by Gasteiger charge is -2.27. The monoisotopic (exact) mass is 666 g/mol. The number of rotatable bonds is 4. The molecule has 0 N–H and O–H groups in total. The lowest BCUT2D eigenvalue weighted by atomic mass is 10.0. The fourth-order valence-corrected chi connectivity index (χ4v) is 8.01. The third kappa shape index (κ3) is 4.80. The molecule has 0 bridgehead atoms. The normalized spacial score (nSPS) is 15.0. The number of nitrogens with zero attached hydrogens (tertiary/aromatic N) is 4.